The molecule has 88 valence electrons. The van der Waals surface area contributed by atoms with Crippen molar-refractivity contribution in [2.24, 2.45) is 0 Å². The molecule has 1 aromatic carbocycles. The van der Waals surface area contributed by atoms with E-state index in [1.165, 1.54) is 0 Å². The summed E-state index contributed by atoms with van der Waals surface area (Å²) >= 11 is 6.95. The van der Waals surface area contributed by atoms with E-state index in [0.29, 0.717) is 22.1 Å². The van der Waals surface area contributed by atoms with E-state index in [4.69, 9.17) is 11.6 Å². The van der Waals surface area contributed by atoms with Gasteiger partial charge in [0.15, 0.2) is 0 Å². The Labute approximate surface area is 108 Å². The Morgan fingerprint density at radius 3 is 3.00 bits per heavy atom. The van der Waals surface area contributed by atoms with E-state index in [1.807, 2.05) is 18.2 Å². The summed E-state index contributed by atoms with van der Waals surface area (Å²) in [7, 11) is 0. The SMILES string of the molecule is Cc1nnsc1C(=O)NCc1cccc(Cl)c1. The lowest BCUT2D eigenvalue weighted by molar-refractivity contribution is 0.0954. The standard InChI is InChI=1S/C11H10ClN3OS/c1-7-10(17-15-14-7)11(16)13-6-8-3-2-4-9(12)5-8/h2-5H,6H2,1H3,(H,13,16). The lowest BCUT2D eigenvalue weighted by atomic mass is 10.2. The number of amides is 1. The lowest BCUT2D eigenvalue weighted by Crippen LogP contribution is -2.22. The number of nitrogens with one attached hydrogen (secondary N) is 1. The van der Waals surface area contributed by atoms with Gasteiger partial charge in [0, 0.05) is 11.6 Å². The van der Waals surface area contributed by atoms with Gasteiger partial charge in [-0.05, 0) is 36.2 Å². The Morgan fingerprint density at radius 1 is 1.53 bits per heavy atom. The average molecular weight is 268 g/mol. The van der Waals surface area contributed by atoms with E-state index >= 15 is 0 Å². The third-order valence-corrected chi connectivity index (χ3v) is 3.26. The molecule has 2 aromatic rings. The highest BCUT2D eigenvalue weighted by Crippen LogP contribution is 2.12. The van der Waals surface area contributed by atoms with Gasteiger partial charge in [0.1, 0.15) is 4.88 Å². The van der Waals surface area contributed by atoms with Crippen molar-refractivity contribution in [2.45, 2.75) is 13.5 Å². The minimum Gasteiger partial charge on any atom is -0.347 e. The van der Waals surface area contributed by atoms with Crippen LogP contribution in [0, 0.1) is 6.92 Å². The molecule has 0 saturated heterocycles. The molecule has 0 aliphatic heterocycles. The quantitative estimate of drug-likeness (QED) is 0.929. The maximum absolute atomic E-state index is 11.8. The van der Waals surface area contributed by atoms with Crippen LogP contribution >= 0.6 is 23.1 Å². The van der Waals surface area contributed by atoms with Crippen molar-refractivity contribution in [3.05, 3.63) is 45.4 Å². The van der Waals surface area contributed by atoms with Gasteiger partial charge in [-0.2, -0.15) is 0 Å². The first kappa shape index (κ1) is 12.0. The minimum atomic E-state index is -0.155. The largest absolute Gasteiger partial charge is 0.347 e. The molecule has 1 heterocycles. The fourth-order valence-corrected chi connectivity index (χ4v) is 2.14. The van der Waals surface area contributed by atoms with Crippen LogP contribution in [0.1, 0.15) is 20.9 Å². The van der Waals surface area contributed by atoms with E-state index in [1.54, 1.807) is 13.0 Å². The number of aromatic nitrogens is 2. The Kier molecular flexibility index (Phi) is 3.71. The van der Waals surface area contributed by atoms with Crippen LogP contribution in [0.4, 0.5) is 0 Å². The summed E-state index contributed by atoms with van der Waals surface area (Å²) in [6.07, 6.45) is 0. The lowest BCUT2D eigenvalue weighted by Gasteiger charge is -2.04. The summed E-state index contributed by atoms with van der Waals surface area (Å²) in [6, 6.07) is 7.37. The van der Waals surface area contributed by atoms with E-state index < -0.39 is 0 Å². The zero-order valence-corrected chi connectivity index (χ0v) is 10.7. The van der Waals surface area contributed by atoms with Gasteiger partial charge in [-0.3, -0.25) is 4.79 Å². The summed E-state index contributed by atoms with van der Waals surface area (Å²) in [4.78, 5) is 12.3. The van der Waals surface area contributed by atoms with Crippen molar-refractivity contribution < 1.29 is 4.79 Å². The predicted octanol–water partition coefficient (Wildman–Crippen LogP) is 2.43. The molecular weight excluding hydrogens is 258 g/mol. The van der Waals surface area contributed by atoms with Gasteiger partial charge >= 0.3 is 0 Å². The van der Waals surface area contributed by atoms with Crippen molar-refractivity contribution in [1.29, 1.82) is 0 Å². The first-order chi connectivity index (χ1) is 8.16. The number of nitrogens with zero attached hydrogens (tertiary/aromatic N) is 2. The highest BCUT2D eigenvalue weighted by molar-refractivity contribution is 7.07. The van der Waals surface area contributed by atoms with E-state index in [0.717, 1.165) is 17.1 Å². The fraction of sp³-hybridized carbons (Fsp3) is 0.182. The second kappa shape index (κ2) is 5.25. The van der Waals surface area contributed by atoms with Crippen molar-refractivity contribution in [3.8, 4) is 0 Å². The molecule has 0 bridgehead atoms. The molecule has 0 saturated carbocycles. The molecule has 4 nitrogen and oxygen atoms in total. The van der Waals surface area contributed by atoms with Crippen molar-refractivity contribution in [3.63, 3.8) is 0 Å². The molecule has 1 amide bonds. The minimum absolute atomic E-state index is 0.155. The number of hydrogen-bond donors (Lipinski definition) is 1. The molecule has 6 heteroatoms. The van der Waals surface area contributed by atoms with Crippen molar-refractivity contribution in [2.75, 3.05) is 0 Å². The Hall–Kier alpha value is -1.46. The smallest absolute Gasteiger partial charge is 0.265 e. The van der Waals surface area contributed by atoms with E-state index in [-0.39, 0.29) is 5.91 Å². The molecule has 0 spiro atoms. The Balaban J connectivity index is 1.99. The van der Waals surface area contributed by atoms with Gasteiger partial charge in [0.2, 0.25) is 0 Å². The van der Waals surface area contributed by atoms with Crippen LogP contribution in [0.15, 0.2) is 24.3 Å². The highest BCUT2D eigenvalue weighted by Gasteiger charge is 2.12. The highest BCUT2D eigenvalue weighted by atomic mass is 35.5. The molecule has 0 radical (unpaired) electrons. The second-order valence-electron chi connectivity index (χ2n) is 3.50. The van der Waals surface area contributed by atoms with Crippen LogP contribution in [0.25, 0.3) is 0 Å². The second-order valence-corrected chi connectivity index (χ2v) is 4.69. The zero-order valence-electron chi connectivity index (χ0n) is 9.11. The van der Waals surface area contributed by atoms with Gasteiger partial charge < -0.3 is 5.32 Å². The van der Waals surface area contributed by atoms with Crippen LogP contribution < -0.4 is 5.32 Å². The normalized spacial score (nSPS) is 10.2. The van der Waals surface area contributed by atoms with Crippen LogP contribution in [0.2, 0.25) is 5.02 Å². The first-order valence-electron chi connectivity index (χ1n) is 4.98. The molecular formula is C11H10ClN3OS. The molecule has 0 aliphatic carbocycles. The predicted molar refractivity (Wildman–Crippen MR) is 67.3 cm³/mol. The van der Waals surface area contributed by atoms with Gasteiger partial charge in [-0.1, -0.05) is 28.2 Å². The third kappa shape index (κ3) is 3.01. The molecule has 0 aliphatic rings. The molecule has 0 fully saturated rings. The van der Waals surface area contributed by atoms with Gasteiger partial charge in [0.25, 0.3) is 5.91 Å². The molecule has 1 aromatic heterocycles. The monoisotopic (exact) mass is 267 g/mol. The van der Waals surface area contributed by atoms with Crippen LogP contribution in [-0.4, -0.2) is 15.5 Å². The number of carbonyl (C=O) groups is 1. The summed E-state index contributed by atoms with van der Waals surface area (Å²) < 4.78 is 3.72. The van der Waals surface area contributed by atoms with Crippen molar-refractivity contribution >= 4 is 29.0 Å². The Bertz CT molecular complexity index is 541. The summed E-state index contributed by atoms with van der Waals surface area (Å²) in [5.41, 5.74) is 1.61. The number of hydrogen-bond acceptors (Lipinski definition) is 4. The third-order valence-electron chi connectivity index (χ3n) is 2.20. The van der Waals surface area contributed by atoms with Gasteiger partial charge in [0.05, 0.1) is 5.69 Å². The number of benzene rings is 1. The summed E-state index contributed by atoms with van der Waals surface area (Å²) in [6.45, 7) is 2.20. The molecule has 0 unspecified atom stereocenters. The van der Waals surface area contributed by atoms with E-state index in [2.05, 4.69) is 14.9 Å². The average Bonchev–Trinajstić information content (AvgIpc) is 2.72. The van der Waals surface area contributed by atoms with Crippen LogP contribution in [0.5, 0.6) is 0 Å². The first-order valence-corrected chi connectivity index (χ1v) is 6.13. The number of rotatable bonds is 3. The Morgan fingerprint density at radius 2 is 2.35 bits per heavy atom. The summed E-state index contributed by atoms with van der Waals surface area (Å²) in [5, 5.41) is 7.26. The topological polar surface area (TPSA) is 54.9 Å². The molecule has 2 rings (SSSR count). The maximum Gasteiger partial charge on any atom is 0.265 e. The van der Waals surface area contributed by atoms with Crippen LogP contribution in [0.3, 0.4) is 0 Å². The molecule has 0 atom stereocenters. The van der Waals surface area contributed by atoms with Crippen molar-refractivity contribution in [1.82, 2.24) is 14.9 Å². The fourth-order valence-electron chi connectivity index (χ4n) is 1.35. The number of aryl methyl sites for hydroxylation is 1. The summed E-state index contributed by atoms with van der Waals surface area (Å²) in [5.74, 6) is -0.155. The molecule has 17 heavy (non-hydrogen) atoms. The molecule has 1 N–H and O–H groups in total. The van der Waals surface area contributed by atoms with Gasteiger partial charge in [-0.25, -0.2) is 0 Å². The number of halogens is 1. The number of carbonyl (C=O) groups excluding carboxylic acids is 1. The van der Waals surface area contributed by atoms with E-state index in [9.17, 15) is 4.79 Å². The zero-order chi connectivity index (χ0) is 12.3. The van der Waals surface area contributed by atoms with Gasteiger partial charge in [-0.15, -0.1) is 5.10 Å². The maximum atomic E-state index is 11.8. The van der Waals surface area contributed by atoms with Crippen LogP contribution in [-0.2, 0) is 6.54 Å².